The van der Waals surface area contributed by atoms with Crippen molar-refractivity contribution < 1.29 is 9.59 Å². The van der Waals surface area contributed by atoms with E-state index in [1.807, 2.05) is 15.9 Å². The molecule has 132 valence electrons. The molecule has 1 aromatic rings. The fourth-order valence-electron chi connectivity index (χ4n) is 3.75. The second-order valence-corrected chi connectivity index (χ2v) is 6.93. The number of piperidine rings is 1. The summed E-state index contributed by atoms with van der Waals surface area (Å²) in [6, 6.07) is 4.17. The van der Waals surface area contributed by atoms with Crippen LogP contribution in [0.3, 0.4) is 0 Å². The van der Waals surface area contributed by atoms with Crippen LogP contribution in [0.5, 0.6) is 0 Å². The second kappa shape index (κ2) is 7.83. The third-order valence-corrected chi connectivity index (χ3v) is 5.36. The molecule has 0 aliphatic carbocycles. The van der Waals surface area contributed by atoms with Crippen molar-refractivity contribution in [2.24, 2.45) is 0 Å². The molecule has 6 heteroatoms. The zero-order valence-corrected chi connectivity index (χ0v) is 14.5. The zero-order chi connectivity index (χ0) is 16.9. The van der Waals surface area contributed by atoms with Gasteiger partial charge in [-0.25, -0.2) is 0 Å². The lowest BCUT2D eigenvalue weighted by molar-refractivity contribution is -0.133. The van der Waals surface area contributed by atoms with Crippen LogP contribution >= 0.6 is 0 Å². The summed E-state index contributed by atoms with van der Waals surface area (Å²) in [4.78, 5) is 33.8. The first-order valence-corrected chi connectivity index (χ1v) is 9.06. The Balaban J connectivity index is 1.42. The van der Waals surface area contributed by atoms with E-state index in [1.165, 1.54) is 19.3 Å². The Morgan fingerprint density at radius 3 is 2.54 bits per heavy atom. The lowest BCUT2D eigenvalue weighted by atomic mass is 9.98. The molecule has 24 heavy (non-hydrogen) atoms. The maximum absolute atomic E-state index is 12.5. The van der Waals surface area contributed by atoms with Gasteiger partial charge in [-0.2, -0.15) is 0 Å². The van der Waals surface area contributed by atoms with Gasteiger partial charge in [0.1, 0.15) is 5.69 Å². The van der Waals surface area contributed by atoms with Gasteiger partial charge in [0, 0.05) is 44.8 Å². The van der Waals surface area contributed by atoms with E-state index in [-0.39, 0.29) is 11.8 Å². The number of piperazine rings is 1. The van der Waals surface area contributed by atoms with Gasteiger partial charge in [-0.1, -0.05) is 6.42 Å². The van der Waals surface area contributed by atoms with Crippen molar-refractivity contribution in [2.75, 3.05) is 39.8 Å². The first kappa shape index (κ1) is 17.0. The number of carbonyl (C=O) groups excluding carboxylic acids is 2. The Morgan fingerprint density at radius 2 is 1.88 bits per heavy atom. The number of H-pyrrole nitrogens is 1. The summed E-state index contributed by atoms with van der Waals surface area (Å²) < 4.78 is 0. The van der Waals surface area contributed by atoms with Crippen LogP contribution in [0.15, 0.2) is 18.3 Å². The lowest BCUT2D eigenvalue weighted by Gasteiger charge is -2.36. The monoisotopic (exact) mass is 332 g/mol. The topological polar surface area (TPSA) is 59.7 Å². The van der Waals surface area contributed by atoms with E-state index in [4.69, 9.17) is 0 Å². The van der Waals surface area contributed by atoms with Crippen molar-refractivity contribution in [1.82, 2.24) is 19.7 Å². The quantitative estimate of drug-likeness (QED) is 0.910. The summed E-state index contributed by atoms with van der Waals surface area (Å²) in [5, 5.41) is 0. The van der Waals surface area contributed by atoms with Gasteiger partial charge >= 0.3 is 0 Å². The number of amides is 2. The number of hydrogen-bond acceptors (Lipinski definition) is 3. The number of carbonyl (C=O) groups is 2. The van der Waals surface area contributed by atoms with Crippen LogP contribution < -0.4 is 0 Å². The average molecular weight is 332 g/mol. The maximum Gasteiger partial charge on any atom is 0.270 e. The van der Waals surface area contributed by atoms with Crippen LogP contribution in [0.25, 0.3) is 0 Å². The molecule has 1 aromatic heterocycles. The maximum atomic E-state index is 12.5. The van der Waals surface area contributed by atoms with Gasteiger partial charge in [0.25, 0.3) is 5.91 Å². The molecule has 0 radical (unpaired) electrons. The Labute approximate surface area is 143 Å². The number of nitrogens with one attached hydrogen (secondary N) is 1. The molecule has 2 amide bonds. The molecule has 0 spiro atoms. The van der Waals surface area contributed by atoms with E-state index in [1.54, 1.807) is 12.3 Å². The van der Waals surface area contributed by atoms with Gasteiger partial charge in [-0.3, -0.25) is 9.59 Å². The SMILES string of the molecule is CN1CCCC[C@@H]1CCC(=O)N1CCN(C(=O)c2ccc[nH]2)CC1. The third-order valence-electron chi connectivity index (χ3n) is 5.36. The molecule has 0 bridgehead atoms. The molecule has 0 aromatic carbocycles. The highest BCUT2D eigenvalue weighted by Gasteiger charge is 2.26. The Bertz CT molecular complexity index is 549. The van der Waals surface area contributed by atoms with Gasteiger partial charge < -0.3 is 19.7 Å². The lowest BCUT2D eigenvalue weighted by Crippen LogP contribution is -2.50. The fourth-order valence-corrected chi connectivity index (χ4v) is 3.75. The first-order valence-electron chi connectivity index (χ1n) is 9.06. The molecule has 2 fully saturated rings. The van der Waals surface area contributed by atoms with E-state index in [9.17, 15) is 9.59 Å². The molecule has 3 rings (SSSR count). The predicted octanol–water partition coefficient (Wildman–Crippen LogP) is 1.56. The van der Waals surface area contributed by atoms with E-state index >= 15 is 0 Å². The molecule has 2 saturated heterocycles. The van der Waals surface area contributed by atoms with Gasteiger partial charge in [0.15, 0.2) is 0 Å². The number of hydrogen-bond donors (Lipinski definition) is 1. The smallest absolute Gasteiger partial charge is 0.270 e. The Morgan fingerprint density at radius 1 is 1.12 bits per heavy atom. The number of rotatable bonds is 4. The minimum Gasteiger partial charge on any atom is -0.357 e. The molecule has 2 aliphatic heterocycles. The van der Waals surface area contributed by atoms with Gasteiger partial charge in [0.2, 0.25) is 5.91 Å². The first-order chi connectivity index (χ1) is 11.6. The zero-order valence-electron chi connectivity index (χ0n) is 14.5. The Kier molecular flexibility index (Phi) is 5.56. The van der Waals surface area contributed by atoms with Crippen LogP contribution in [0.1, 0.15) is 42.6 Å². The number of likely N-dealkylation sites (tertiary alicyclic amines) is 1. The standard InChI is InChI=1S/C18H28N4O2/c1-20-10-3-2-5-15(20)7-8-17(23)21-11-13-22(14-12-21)18(24)16-6-4-9-19-16/h4,6,9,15,19H,2-3,5,7-8,10-14H2,1H3/t15-/m1/s1. The van der Waals surface area contributed by atoms with E-state index < -0.39 is 0 Å². The summed E-state index contributed by atoms with van der Waals surface area (Å²) in [6.45, 7) is 3.68. The highest BCUT2D eigenvalue weighted by Crippen LogP contribution is 2.19. The molecule has 6 nitrogen and oxygen atoms in total. The minimum absolute atomic E-state index is 0.0240. The number of aromatic nitrogens is 1. The summed E-state index contributed by atoms with van der Waals surface area (Å²) in [7, 11) is 2.17. The van der Waals surface area contributed by atoms with E-state index in [2.05, 4.69) is 16.9 Å². The molecule has 0 saturated carbocycles. The molecule has 1 N–H and O–H groups in total. The van der Waals surface area contributed by atoms with Crippen molar-refractivity contribution in [3.05, 3.63) is 24.0 Å². The summed E-state index contributed by atoms with van der Waals surface area (Å²) in [5.41, 5.74) is 0.620. The molecular weight excluding hydrogens is 304 g/mol. The summed E-state index contributed by atoms with van der Waals surface area (Å²) in [6.07, 6.45) is 7.11. The van der Waals surface area contributed by atoms with Gasteiger partial charge in [-0.15, -0.1) is 0 Å². The van der Waals surface area contributed by atoms with E-state index in [0.717, 1.165) is 13.0 Å². The second-order valence-electron chi connectivity index (χ2n) is 6.93. The molecule has 2 aliphatic rings. The van der Waals surface area contributed by atoms with Crippen LogP contribution in [0.4, 0.5) is 0 Å². The van der Waals surface area contributed by atoms with Crippen LogP contribution in [0.2, 0.25) is 0 Å². The average Bonchev–Trinajstić information content (AvgIpc) is 3.15. The van der Waals surface area contributed by atoms with Crippen LogP contribution in [-0.4, -0.2) is 77.3 Å². The minimum atomic E-state index is 0.0240. The van der Waals surface area contributed by atoms with E-state index in [0.29, 0.717) is 44.3 Å². The highest BCUT2D eigenvalue weighted by molar-refractivity contribution is 5.92. The number of nitrogens with zero attached hydrogens (tertiary/aromatic N) is 3. The largest absolute Gasteiger partial charge is 0.357 e. The summed E-state index contributed by atoms with van der Waals surface area (Å²) in [5.74, 6) is 0.261. The predicted molar refractivity (Wildman–Crippen MR) is 92.8 cm³/mol. The van der Waals surface area contributed by atoms with Gasteiger partial charge in [-0.05, 0) is 45.0 Å². The number of aromatic amines is 1. The van der Waals surface area contributed by atoms with Crippen LogP contribution in [0, 0.1) is 0 Å². The molecular formula is C18H28N4O2. The van der Waals surface area contributed by atoms with Crippen molar-refractivity contribution in [3.8, 4) is 0 Å². The van der Waals surface area contributed by atoms with Crippen LogP contribution in [-0.2, 0) is 4.79 Å². The molecule has 3 heterocycles. The van der Waals surface area contributed by atoms with Crippen molar-refractivity contribution in [2.45, 2.75) is 38.1 Å². The summed E-state index contributed by atoms with van der Waals surface area (Å²) >= 11 is 0. The van der Waals surface area contributed by atoms with Crippen molar-refractivity contribution >= 4 is 11.8 Å². The Hall–Kier alpha value is -1.82. The van der Waals surface area contributed by atoms with Crippen molar-refractivity contribution in [1.29, 1.82) is 0 Å². The molecule has 1 atom stereocenters. The van der Waals surface area contributed by atoms with Gasteiger partial charge in [0.05, 0.1) is 0 Å². The third kappa shape index (κ3) is 3.98. The normalized spacial score (nSPS) is 22.6. The van der Waals surface area contributed by atoms with Crippen molar-refractivity contribution in [3.63, 3.8) is 0 Å². The molecule has 0 unspecified atom stereocenters. The highest BCUT2D eigenvalue weighted by atomic mass is 16.2. The fraction of sp³-hybridized carbons (Fsp3) is 0.667.